The van der Waals surface area contributed by atoms with Crippen LogP contribution in [0.2, 0.25) is 5.15 Å². The zero-order valence-electron chi connectivity index (χ0n) is 8.55. The highest BCUT2D eigenvalue weighted by Gasteiger charge is 2.32. The number of rotatable bonds is 4. The van der Waals surface area contributed by atoms with Gasteiger partial charge in [-0.1, -0.05) is 18.5 Å². The van der Waals surface area contributed by atoms with Crippen molar-refractivity contribution in [2.24, 2.45) is 0 Å². The summed E-state index contributed by atoms with van der Waals surface area (Å²) in [7, 11) is -1.39. The van der Waals surface area contributed by atoms with Gasteiger partial charge in [0.15, 0.2) is 10.9 Å². The van der Waals surface area contributed by atoms with Crippen LogP contribution in [0.5, 0.6) is 5.75 Å². The molecule has 0 aliphatic heterocycles. The number of halogens is 4. The molecule has 9 heteroatoms. The van der Waals surface area contributed by atoms with Crippen LogP contribution in [0.4, 0.5) is 18.9 Å². The van der Waals surface area contributed by atoms with Gasteiger partial charge in [0, 0.05) is 11.8 Å². The minimum absolute atomic E-state index is 0.133. The van der Waals surface area contributed by atoms with E-state index >= 15 is 0 Å². The lowest BCUT2D eigenvalue weighted by atomic mass is 10.4. The first-order valence-electron chi connectivity index (χ1n) is 4.38. The molecule has 1 heterocycles. The Morgan fingerprint density at radius 3 is 2.76 bits per heavy atom. The van der Waals surface area contributed by atoms with Crippen LogP contribution < -0.4 is 9.46 Å². The van der Waals surface area contributed by atoms with Gasteiger partial charge >= 0.3 is 6.36 Å². The van der Waals surface area contributed by atoms with Gasteiger partial charge in [0.05, 0.1) is 11.9 Å². The van der Waals surface area contributed by atoms with E-state index in [9.17, 15) is 17.4 Å². The summed E-state index contributed by atoms with van der Waals surface area (Å²) in [5, 5.41) is -0.421. The summed E-state index contributed by atoms with van der Waals surface area (Å²) in [5.74, 6) is -0.338. The van der Waals surface area contributed by atoms with Gasteiger partial charge in [0.25, 0.3) is 0 Å². The minimum atomic E-state index is -4.85. The van der Waals surface area contributed by atoms with Crippen LogP contribution in [0, 0.1) is 0 Å². The van der Waals surface area contributed by atoms with E-state index in [0.29, 0.717) is 5.75 Å². The Bertz CT molecular complexity index is 428. The summed E-state index contributed by atoms with van der Waals surface area (Å²) >= 11 is 5.43. The number of anilines is 1. The maximum absolute atomic E-state index is 12.0. The van der Waals surface area contributed by atoms with E-state index < -0.39 is 28.3 Å². The van der Waals surface area contributed by atoms with Crippen molar-refractivity contribution in [3.05, 3.63) is 17.4 Å². The van der Waals surface area contributed by atoms with E-state index in [1.807, 2.05) is 0 Å². The molecule has 0 fully saturated rings. The molecule has 1 aromatic heterocycles. The second kappa shape index (κ2) is 5.54. The Hall–Kier alpha value is -1.02. The fraction of sp³-hybridized carbons (Fsp3) is 0.375. The fourth-order valence-electron chi connectivity index (χ4n) is 0.884. The normalized spacial score (nSPS) is 13.2. The van der Waals surface area contributed by atoms with E-state index in [0.717, 1.165) is 6.07 Å². The number of pyridine rings is 1. The van der Waals surface area contributed by atoms with E-state index in [1.165, 1.54) is 6.20 Å². The third-order valence-electron chi connectivity index (χ3n) is 1.53. The lowest BCUT2D eigenvalue weighted by molar-refractivity contribution is -0.274. The monoisotopic (exact) mass is 288 g/mol. The molecule has 1 aromatic rings. The molecule has 0 aliphatic rings. The molecule has 0 aliphatic carbocycles. The van der Waals surface area contributed by atoms with Crippen molar-refractivity contribution in [1.29, 1.82) is 0 Å². The zero-order valence-corrected chi connectivity index (χ0v) is 10.1. The second-order valence-electron chi connectivity index (χ2n) is 2.80. The Morgan fingerprint density at radius 2 is 2.24 bits per heavy atom. The SMILES string of the molecule is CCS(=O)Nc1cnc(Cl)c(OC(F)(F)F)c1. The molecule has 0 radical (unpaired) electrons. The number of nitrogens with zero attached hydrogens (tertiary/aromatic N) is 1. The van der Waals surface area contributed by atoms with Crippen LogP contribution in [0.15, 0.2) is 12.3 Å². The average Bonchev–Trinajstić information content (AvgIpc) is 2.21. The van der Waals surface area contributed by atoms with Crippen molar-refractivity contribution in [1.82, 2.24) is 4.98 Å². The summed E-state index contributed by atoms with van der Waals surface area (Å²) in [6, 6.07) is 0.983. The first kappa shape index (κ1) is 14.0. The highest BCUT2D eigenvalue weighted by Crippen LogP contribution is 2.30. The Kier molecular flexibility index (Phi) is 4.58. The first-order chi connectivity index (χ1) is 7.81. The summed E-state index contributed by atoms with van der Waals surface area (Å²) < 4.78 is 53.2. The molecule has 0 bridgehead atoms. The molecule has 0 saturated heterocycles. The zero-order chi connectivity index (χ0) is 13.1. The Balaban J connectivity index is 2.90. The molecule has 0 saturated carbocycles. The maximum atomic E-state index is 12.0. The summed E-state index contributed by atoms with van der Waals surface area (Å²) in [6.45, 7) is 1.65. The molecular weight excluding hydrogens is 281 g/mol. The van der Waals surface area contributed by atoms with E-state index in [4.69, 9.17) is 11.6 Å². The van der Waals surface area contributed by atoms with Crippen molar-refractivity contribution in [3.8, 4) is 5.75 Å². The lowest BCUT2D eigenvalue weighted by Crippen LogP contribution is -2.18. The predicted octanol–water partition coefficient (Wildman–Crippen LogP) is 2.73. The van der Waals surface area contributed by atoms with Crippen molar-refractivity contribution in [2.45, 2.75) is 13.3 Å². The van der Waals surface area contributed by atoms with Gasteiger partial charge in [-0.05, 0) is 0 Å². The van der Waals surface area contributed by atoms with Crippen molar-refractivity contribution < 1.29 is 22.1 Å². The number of ether oxygens (including phenoxy) is 1. The number of alkyl halides is 3. The van der Waals surface area contributed by atoms with Crippen molar-refractivity contribution >= 4 is 28.3 Å². The van der Waals surface area contributed by atoms with Crippen LogP contribution in [0.1, 0.15) is 6.92 Å². The molecule has 4 nitrogen and oxygen atoms in total. The highest BCUT2D eigenvalue weighted by molar-refractivity contribution is 7.86. The van der Waals surface area contributed by atoms with Gasteiger partial charge in [-0.25, -0.2) is 9.19 Å². The summed E-state index contributed by atoms with van der Waals surface area (Å²) in [6.07, 6.45) is -3.69. The van der Waals surface area contributed by atoms with Gasteiger partial charge in [0.2, 0.25) is 0 Å². The third kappa shape index (κ3) is 4.78. The molecule has 17 heavy (non-hydrogen) atoms. The minimum Gasteiger partial charge on any atom is -0.402 e. The van der Waals surface area contributed by atoms with E-state index in [2.05, 4.69) is 14.4 Å². The van der Waals surface area contributed by atoms with Crippen LogP contribution in [0.25, 0.3) is 0 Å². The molecule has 0 amide bonds. The lowest BCUT2D eigenvalue weighted by Gasteiger charge is -2.11. The van der Waals surface area contributed by atoms with Gasteiger partial charge in [-0.2, -0.15) is 0 Å². The van der Waals surface area contributed by atoms with Crippen LogP contribution in [0.3, 0.4) is 0 Å². The quantitative estimate of drug-likeness (QED) is 0.867. The van der Waals surface area contributed by atoms with Gasteiger partial charge in [0.1, 0.15) is 11.0 Å². The third-order valence-corrected chi connectivity index (χ3v) is 2.80. The first-order valence-corrected chi connectivity index (χ1v) is 6.08. The maximum Gasteiger partial charge on any atom is 0.573 e. The number of nitrogens with one attached hydrogen (secondary N) is 1. The molecule has 1 atom stereocenters. The molecule has 1 rings (SSSR count). The van der Waals surface area contributed by atoms with E-state index in [1.54, 1.807) is 6.92 Å². The fourth-order valence-corrected chi connectivity index (χ4v) is 1.54. The van der Waals surface area contributed by atoms with Crippen LogP contribution in [-0.4, -0.2) is 21.3 Å². The number of aromatic nitrogens is 1. The Labute approximate surface area is 103 Å². The standard InChI is InChI=1S/C8H8ClF3N2O2S/c1-2-17(15)14-5-3-6(7(9)13-4-5)16-8(10,11)12/h3-4,14H,2H2,1H3. The second-order valence-corrected chi connectivity index (χ2v) is 4.63. The van der Waals surface area contributed by atoms with Gasteiger partial charge < -0.3 is 9.46 Å². The van der Waals surface area contributed by atoms with Crippen LogP contribution >= 0.6 is 11.6 Å². The van der Waals surface area contributed by atoms with Crippen LogP contribution in [-0.2, 0) is 11.0 Å². The van der Waals surface area contributed by atoms with Gasteiger partial charge in [-0.15, -0.1) is 13.2 Å². The smallest absolute Gasteiger partial charge is 0.402 e. The number of hydrogen-bond donors (Lipinski definition) is 1. The van der Waals surface area contributed by atoms with E-state index in [-0.39, 0.29) is 5.69 Å². The number of hydrogen-bond acceptors (Lipinski definition) is 3. The predicted molar refractivity (Wildman–Crippen MR) is 58.2 cm³/mol. The van der Waals surface area contributed by atoms with Crippen molar-refractivity contribution in [3.63, 3.8) is 0 Å². The molecule has 0 aromatic carbocycles. The molecule has 1 unspecified atom stereocenters. The summed E-state index contributed by atoms with van der Waals surface area (Å²) in [5.41, 5.74) is 0.133. The van der Waals surface area contributed by atoms with Gasteiger partial charge in [-0.3, -0.25) is 0 Å². The molecule has 0 spiro atoms. The molecule has 1 N–H and O–H groups in total. The highest BCUT2D eigenvalue weighted by atomic mass is 35.5. The molecular formula is C8H8ClF3N2O2S. The molecule has 96 valence electrons. The Morgan fingerprint density at radius 1 is 1.59 bits per heavy atom. The largest absolute Gasteiger partial charge is 0.573 e. The van der Waals surface area contributed by atoms with Crippen molar-refractivity contribution in [2.75, 3.05) is 10.5 Å². The topological polar surface area (TPSA) is 51.2 Å². The summed E-state index contributed by atoms with van der Waals surface area (Å²) in [4.78, 5) is 3.49. The average molecular weight is 289 g/mol.